The summed E-state index contributed by atoms with van der Waals surface area (Å²) in [5.41, 5.74) is 3.97. The highest BCUT2D eigenvalue weighted by molar-refractivity contribution is 6.13. The second-order valence-corrected chi connectivity index (χ2v) is 4.51. The van der Waals surface area contributed by atoms with Gasteiger partial charge in [0.15, 0.2) is 0 Å². The zero-order valence-electron chi connectivity index (χ0n) is 10.7. The van der Waals surface area contributed by atoms with Crippen LogP contribution in [0.1, 0.15) is 21.7 Å². The van der Waals surface area contributed by atoms with E-state index in [2.05, 4.69) is 20.5 Å². The highest BCUT2D eigenvalue weighted by Crippen LogP contribution is 2.21. The quantitative estimate of drug-likeness (QED) is 0.658. The van der Waals surface area contributed by atoms with E-state index in [0.29, 0.717) is 5.56 Å². The van der Waals surface area contributed by atoms with Crippen LogP contribution in [0.4, 0.5) is 5.69 Å². The van der Waals surface area contributed by atoms with Gasteiger partial charge in [-0.1, -0.05) is 18.2 Å². The molecular formula is C14H14N4O. The first-order chi connectivity index (χ1) is 9.16. The number of aryl methyl sites for hydroxylation is 2. The standard InChI is InChI=1S/C14H14N4O/c1-8-13(9(2)18-17-8)16-14(19)11-7-15-12-6-4-3-5-10(11)12/h3-7,15H,1-2H3,(H,16,19)(H,17,18). The molecule has 0 fully saturated rings. The summed E-state index contributed by atoms with van der Waals surface area (Å²) in [5.74, 6) is -0.134. The van der Waals surface area contributed by atoms with E-state index >= 15 is 0 Å². The molecule has 0 atom stereocenters. The number of benzene rings is 1. The van der Waals surface area contributed by atoms with Crippen molar-refractivity contribution in [2.45, 2.75) is 13.8 Å². The van der Waals surface area contributed by atoms with Gasteiger partial charge in [-0.15, -0.1) is 0 Å². The Hall–Kier alpha value is -2.56. The van der Waals surface area contributed by atoms with Crippen LogP contribution in [0.25, 0.3) is 10.9 Å². The molecule has 0 aliphatic carbocycles. The third kappa shape index (κ3) is 1.89. The number of hydrogen-bond acceptors (Lipinski definition) is 2. The summed E-state index contributed by atoms with van der Waals surface area (Å²) < 4.78 is 0. The van der Waals surface area contributed by atoms with Crippen LogP contribution in [0.3, 0.4) is 0 Å². The van der Waals surface area contributed by atoms with Crippen molar-refractivity contribution in [3.05, 3.63) is 47.4 Å². The van der Waals surface area contributed by atoms with Crippen molar-refractivity contribution in [2.24, 2.45) is 0 Å². The third-order valence-electron chi connectivity index (χ3n) is 3.20. The molecular weight excluding hydrogens is 240 g/mol. The number of rotatable bonds is 2. The Labute approximate surface area is 110 Å². The minimum absolute atomic E-state index is 0.134. The number of hydrogen-bond donors (Lipinski definition) is 3. The lowest BCUT2D eigenvalue weighted by Gasteiger charge is -2.04. The Balaban J connectivity index is 1.97. The predicted octanol–water partition coefficient (Wildman–Crippen LogP) is 2.76. The molecule has 1 aromatic carbocycles. The molecule has 5 heteroatoms. The molecule has 0 unspecified atom stereocenters. The van der Waals surface area contributed by atoms with Crippen LogP contribution in [0.5, 0.6) is 0 Å². The summed E-state index contributed by atoms with van der Waals surface area (Å²) in [6.45, 7) is 3.74. The van der Waals surface area contributed by atoms with Crippen LogP contribution >= 0.6 is 0 Å². The maximum Gasteiger partial charge on any atom is 0.257 e. The fourth-order valence-electron chi connectivity index (χ4n) is 2.18. The van der Waals surface area contributed by atoms with E-state index in [-0.39, 0.29) is 5.91 Å². The molecule has 3 aromatic rings. The van der Waals surface area contributed by atoms with Crippen molar-refractivity contribution in [1.82, 2.24) is 15.2 Å². The van der Waals surface area contributed by atoms with Gasteiger partial charge in [0.25, 0.3) is 5.91 Å². The Morgan fingerprint density at radius 1 is 1.26 bits per heavy atom. The predicted molar refractivity (Wildman–Crippen MR) is 74.3 cm³/mol. The van der Waals surface area contributed by atoms with Gasteiger partial charge in [0.2, 0.25) is 0 Å². The molecule has 1 amide bonds. The van der Waals surface area contributed by atoms with Gasteiger partial charge in [-0.05, 0) is 19.9 Å². The van der Waals surface area contributed by atoms with E-state index in [4.69, 9.17) is 0 Å². The maximum atomic E-state index is 12.3. The number of amides is 1. The topological polar surface area (TPSA) is 73.6 Å². The minimum Gasteiger partial charge on any atom is -0.360 e. The van der Waals surface area contributed by atoms with Gasteiger partial charge in [-0.25, -0.2) is 0 Å². The molecule has 96 valence electrons. The smallest absolute Gasteiger partial charge is 0.257 e. The Kier molecular flexibility index (Phi) is 2.59. The molecule has 0 saturated carbocycles. The molecule has 0 bridgehead atoms. The van der Waals surface area contributed by atoms with Gasteiger partial charge in [0.1, 0.15) is 0 Å². The Morgan fingerprint density at radius 3 is 2.79 bits per heavy atom. The second kappa shape index (κ2) is 4.28. The summed E-state index contributed by atoms with van der Waals surface area (Å²) in [6.07, 6.45) is 1.73. The van der Waals surface area contributed by atoms with E-state index < -0.39 is 0 Å². The van der Waals surface area contributed by atoms with Crippen molar-refractivity contribution in [3.8, 4) is 0 Å². The van der Waals surface area contributed by atoms with Gasteiger partial charge in [0.05, 0.1) is 22.6 Å². The molecule has 3 N–H and O–H groups in total. The van der Waals surface area contributed by atoms with E-state index in [1.54, 1.807) is 6.20 Å². The number of nitrogens with zero attached hydrogens (tertiary/aromatic N) is 1. The van der Waals surface area contributed by atoms with Crippen LogP contribution in [0, 0.1) is 13.8 Å². The highest BCUT2D eigenvalue weighted by Gasteiger charge is 2.15. The lowest BCUT2D eigenvalue weighted by atomic mass is 10.1. The molecule has 0 saturated heterocycles. The number of aromatic nitrogens is 3. The summed E-state index contributed by atoms with van der Waals surface area (Å²) in [6, 6.07) is 7.72. The summed E-state index contributed by atoms with van der Waals surface area (Å²) >= 11 is 0. The number of carbonyl (C=O) groups is 1. The number of carbonyl (C=O) groups excluding carboxylic acids is 1. The Morgan fingerprint density at radius 2 is 2.05 bits per heavy atom. The summed E-state index contributed by atoms with van der Waals surface area (Å²) in [5, 5.41) is 10.7. The zero-order valence-corrected chi connectivity index (χ0v) is 10.7. The first-order valence-electron chi connectivity index (χ1n) is 6.06. The third-order valence-corrected chi connectivity index (χ3v) is 3.20. The number of anilines is 1. The van der Waals surface area contributed by atoms with Crippen LogP contribution < -0.4 is 5.32 Å². The molecule has 0 aliphatic heterocycles. The molecule has 5 nitrogen and oxygen atoms in total. The minimum atomic E-state index is -0.134. The monoisotopic (exact) mass is 254 g/mol. The summed E-state index contributed by atoms with van der Waals surface area (Å²) in [4.78, 5) is 15.4. The fraction of sp³-hybridized carbons (Fsp3) is 0.143. The number of fused-ring (bicyclic) bond motifs is 1. The molecule has 19 heavy (non-hydrogen) atoms. The number of para-hydroxylation sites is 1. The van der Waals surface area contributed by atoms with Gasteiger partial charge in [-0.2, -0.15) is 5.10 Å². The molecule has 0 aliphatic rings. The molecule has 0 spiro atoms. The van der Waals surface area contributed by atoms with Crippen LogP contribution in [0.2, 0.25) is 0 Å². The first kappa shape index (κ1) is 11.5. The second-order valence-electron chi connectivity index (χ2n) is 4.51. The van der Waals surface area contributed by atoms with E-state index in [1.807, 2.05) is 38.1 Å². The average Bonchev–Trinajstić information content (AvgIpc) is 2.97. The first-order valence-corrected chi connectivity index (χ1v) is 6.06. The van der Waals surface area contributed by atoms with Crippen molar-refractivity contribution in [1.29, 1.82) is 0 Å². The summed E-state index contributed by atoms with van der Waals surface area (Å²) in [7, 11) is 0. The highest BCUT2D eigenvalue weighted by atomic mass is 16.1. The Bertz CT molecular complexity index is 734. The number of aromatic amines is 2. The SMILES string of the molecule is Cc1n[nH]c(C)c1NC(=O)c1c[nH]c2ccccc12. The average molecular weight is 254 g/mol. The molecule has 2 heterocycles. The van der Waals surface area contributed by atoms with Crippen molar-refractivity contribution in [3.63, 3.8) is 0 Å². The number of H-pyrrole nitrogens is 2. The number of nitrogens with one attached hydrogen (secondary N) is 3. The lowest BCUT2D eigenvalue weighted by molar-refractivity contribution is 0.102. The zero-order chi connectivity index (χ0) is 13.4. The van der Waals surface area contributed by atoms with Crippen LogP contribution in [-0.4, -0.2) is 21.1 Å². The van der Waals surface area contributed by atoms with Crippen LogP contribution in [0.15, 0.2) is 30.5 Å². The normalized spacial score (nSPS) is 10.8. The van der Waals surface area contributed by atoms with Crippen molar-refractivity contribution < 1.29 is 4.79 Å². The molecule has 2 aromatic heterocycles. The van der Waals surface area contributed by atoms with Crippen molar-refractivity contribution in [2.75, 3.05) is 5.32 Å². The van der Waals surface area contributed by atoms with E-state index in [9.17, 15) is 4.79 Å². The largest absolute Gasteiger partial charge is 0.360 e. The van der Waals surface area contributed by atoms with Gasteiger partial charge < -0.3 is 10.3 Å². The fourth-order valence-corrected chi connectivity index (χ4v) is 2.18. The van der Waals surface area contributed by atoms with Crippen molar-refractivity contribution >= 4 is 22.5 Å². The van der Waals surface area contributed by atoms with Gasteiger partial charge in [-0.3, -0.25) is 9.89 Å². The molecule has 0 radical (unpaired) electrons. The van der Waals surface area contributed by atoms with Crippen LogP contribution in [-0.2, 0) is 0 Å². The van der Waals surface area contributed by atoms with Gasteiger partial charge >= 0.3 is 0 Å². The molecule has 3 rings (SSSR count). The van der Waals surface area contributed by atoms with E-state index in [1.165, 1.54) is 0 Å². The van der Waals surface area contributed by atoms with E-state index in [0.717, 1.165) is 28.0 Å². The van der Waals surface area contributed by atoms with Gasteiger partial charge in [0, 0.05) is 17.1 Å². The maximum absolute atomic E-state index is 12.3. The lowest BCUT2D eigenvalue weighted by Crippen LogP contribution is -2.12.